The van der Waals surface area contributed by atoms with Gasteiger partial charge in [0.2, 0.25) is 0 Å². The third kappa shape index (κ3) is 4.27. The lowest BCUT2D eigenvalue weighted by molar-refractivity contribution is 0.0527. The average molecular weight is 314 g/mol. The molecule has 1 rings (SSSR count). The lowest BCUT2D eigenvalue weighted by atomic mass is 10.1. The number of anilines is 2. The minimum Gasteiger partial charge on any atom is -0.462 e. The number of nitrogens with two attached hydrogens (primary N) is 1. The Balaban J connectivity index is 3.17. The highest BCUT2D eigenvalue weighted by atomic mass is 32.2. The molecule has 1 aromatic carbocycles. The number of hydrogen-bond acceptors (Lipinski definition) is 5. The SMILES string of the molecule is CCOC(=O)c1cc(N(C)C(CC)CSC)c(F)cc1N. The van der Waals surface area contributed by atoms with Crippen molar-refractivity contribution in [1.29, 1.82) is 0 Å². The van der Waals surface area contributed by atoms with E-state index in [9.17, 15) is 9.18 Å². The van der Waals surface area contributed by atoms with Crippen LogP contribution in [-0.4, -0.2) is 37.7 Å². The molecule has 0 spiro atoms. The van der Waals surface area contributed by atoms with Gasteiger partial charge in [-0.1, -0.05) is 6.92 Å². The molecule has 2 N–H and O–H groups in total. The summed E-state index contributed by atoms with van der Waals surface area (Å²) in [6, 6.07) is 2.85. The van der Waals surface area contributed by atoms with Gasteiger partial charge in [-0.05, 0) is 31.7 Å². The first-order valence-corrected chi connectivity index (χ1v) is 8.33. The maximum Gasteiger partial charge on any atom is 0.340 e. The molecule has 0 radical (unpaired) electrons. The number of halogens is 1. The van der Waals surface area contributed by atoms with Crippen molar-refractivity contribution in [2.45, 2.75) is 26.3 Å². The van der Waals surface area contributed by atoms with Crippen LogP contribution in [0.15, 0.2) is 12.1 Å². The van der Waals surface area contributed by atoms with E-state index in [2.05, 4.69) is 6.92 Å². The number of nitrogen functional groups attached to an aromatic ring is 1. The molecule has 0 saturated carbocycles. The number of carbonyl (C=O) groups excluding carboxylic acids is 1. The van der Waals surface area contributed by atoms with Crippen LogP contribution in [0.3, 0.4) is 0 Å². The van der Waals surface area contributed by atoms with Crippen LogP contribution in [0.25, 0.3) is 0 Å². The highest BCUT2D eigenvalue weighted by Gasteiger charge is 2.20. The van der Waals surface area contributed by atoms with Gasteiger partial charge in [0.15, 0.2) is 0 Å². The van der Waals surface area contributed by atoms with Gasteiger partial charge in [-0.15, -0.1) is 0 Å². The van der Waals surface area contributed by atoms with Gasteiger partial charge in [0.1, 0.15) is 5.82 Å². The Hall–Kier alpha value is -1.43. The summed E-state index contributed by atoms with van der Waals surface area (Å²) in [7, 11) is 1.83. The van der Waals surface area contributed by atoms with Crippen molar-refractivity contribution in [3.8, 4) is 0 Å². The summed E-state index contributed by atoms with van der Waals surface area (Å²) in [4.78, 5) is 13.7. The third-order valence-electron chi connectivity index (χ3n) is 3.37. The van der Waals surface area contributed by atoms with E-state index in [0.717, 1.165) is 12.2 Å². The molecule has 1 atom stereocenters. The van der Waals surface area contributed by atoms with Crippen LogP contribution in [0.2, 0.25) is 0 Å². The van der Waals surface area contributed by atoms with E-state index in [4.69, 9.17) is 10.5 Å². The number of esters is 1. The molecule has 0 heterocycles. The Kier molecular flexibility index (Phi) is 6.81. The summed E-state index contributed by atoms with van der Waals surface area (Å²) in [5.74, 6) is -0.0730. The molecular formula is C15H23FN2O2S. The maximum atomic E-state index is 14.2. The zero-order valence-corrected chi connectivity index (χ0v) is 13.8. The van der Waals surface area contributed by atoms with Crippen LogP contribution in [0, 0.1) is 5.82 Å². The van der Waals surface area contributed by atoms with Gasteiger partial charge in [-0.3, -0.25) is 0 Å². The first-order chi connectivity index (χ1) is 9.96. The topological polar surface area (TPSA) is 55.6 Å². The molecular weight excluding hydrogens is 291 g/mol. The predicted molar refractivity (Wildman–Crippen MR) is 87.6 cm³/mol. The molecule has 0 fully saturated rings. The molecule has 0 amide bonds. The van der Waals surface area contributed by atoms with Crippen molar-refractivity contribution >= 4 is 29.1 Å². The molecule has 0 aliphatic heterocycles. The van der Waals surface area contributed by atoms with Crippen molar-refractivity contribution < 1.29 is 13.9 Å². The second kappa shape index (κ2) is 8.12. The van der Waals surface area contributed by atoms with Crippen LogP contribution in [0.5, 0.6) is 0 Å². The van der Waals surface area contributed by atoms with Gasteiger partial charge in [0.05, 0.1) is 17.9 Å². The first-order valence-electron chi connectivity index (χ1n) is 6.94. The predicted octanol–water partition coefficient (Wildman–Crippen LogP) is 3.16. The minimum absolute atomic E-state index is 0.0982. The van der Waals surface area contributed by atoms with E-state index < -0.39 is 11.8 Å². The number of carbonyl (C=O) groups is 1. The number of benzene rings is 1. The Morgan fingerprint density at radius 1 is 1.48 bits per heavy atom. The van der Waals surface area contributed by atoms with Gasteiger partial charge in [0.25, 0.3) is 0 Å². The minimum atomic E-state index is -0.525. The van der Waals surface area contributed by atoms with Gasteiger partial charge in [-0.2, -0.15) is 11.8 Å². The molecule has 118 valence electrons. The highest BCUT2D eigenvalue weighted by molar-refractivity contribution is 7.98. The number of hydrogen-bond donors (Lipinski definition) is 1. The first kappa shape index (κ1) is 17.6. The summed E-state index contributed by atoms with van der Waals surface area (Å²) in [6.45, 7) is 4.03. The maximum absolute atomic E-state index is 14.2. The monoisotopic (exact) mass is 314 g/mol. The van der Waals surface area contributed by atoms with E-state index in [-0.39, 0.29) is 23.9 Å². The summed E-state index contributed by atoms with van der Waals surface area (Å²) in [5.41, 5.74) is 6.40. The van der Waals surface area contributed by atoms with Gasteiger partial charge in [-0.25, -0.2) is 9.18 Å². The van der Waals surface area contributed by atoms with E-state index in [1.165, 1.54) is 12.1 Å². The summed E-state index contributed by atoms with van der Waals surface area (Å²) in [5, 5.41) is 0. The van der Waals surface area contributed by atoms with Crippen molar-refractivity contribution in [2.75, 3.05) is 36.3 Å². The zero-order valence-electron chi connectivity index (χ0n) is 13.0. The molecule has 0 aromatic heterocycles. The summed E-state index contributed by atoms with van der Waals surface area (Å²) < 4.78 is 19.1. The molecule has 4 nitrogen and oxygen atoms in total. The lowest BCUT2D eigenvalue weighted by Crippen LogP contribution is -2.34. The number of rotatable bonds is 7. The van der Waals surface area contributed by atoms with Gasteiger partial charge in [0, 0.05) is 24.5 Å². The molecule has 0 aliphatic carbocycles. The summed E-state index contributed by atoms with van der Waals surface area (Å²) in [6.07, 6.45) is 2.90. The molecule has 1 aromatic rings. The second-order valence-corrected chi connectivity index (χ2v) is 5.65. The molecule has 0 saturated heterocycles. The van der Waals surface area contributed by atoms with Crippen molar-refractivity contribution in [3.63, 3.8) is 0 Å². The normalized spacial score (nSPS) is 12.0. The highest BCUT2D eigenvalue weighted by Crippen LogP contribution is 2.28. The quantitative estimate of drug-likeness (QED) is 0.619. The Bertz CT molecular complexity index is 497. The van der Waals surface area contributed by atoms with Crippen LogP contribution in [-0.2, 0) is 4.74 Å². The van der Waals surface area contributed by atoms with Crippen LogP contribution >= 0.6 is 11.8 Å². The van der Waals surface area contributed by atoms with E-state index >= 15 is 0 Å². The van der Waals surface area contributed by atoms with Crippen molar-refractivity contribution in [2.24, 2.45) is 0 Å². The second-order valence-electron chi connectivity index (χ2n) is 4.74. The molecule has 6 heteroatoms. The Morgan fingerprint density at radius 3 is 2.67 bits per heavy atom. The van der Waals surface area contributed by atoms with E-state index in [0.29, 0.717) is 5.69 Å². The van der Waals surface area contributed by atoms with E-state index in [1.807, 2.05) is 18.2 Å². The van der Waals surface area contributed by atoms with Crippen LogP contribution in [0.1, 0.15) is 30.6 Å². The van der Waals surface area contributed by atoms with Crippen molar-refractivity contribution in [1.82, 2.24) is 0 Å². The standard InChI is InChI=1S/C15H23FN2O2S/c1-5-10(9-21-4)18(3)14-7-11(15(19)20-6-2)13(17)8-12(14)16/h7-8,10H,5-6,9,17H2,1-4H3. The van der Waals surface area contributed by atoms with Crippen LogP contribution < -0.4 is 10.6 Å². The Morgan fingerprint density at radius 2 is 2.14 bits per heavy atom. The van der Waals surface area contributed by atoms with Crippen molar-refractivity contribution in [3.05, 3.63) is 23.5 Å². The molecule has 0 aliphatic rings. The fourth-order valence-electron chi connectivity index (χ4n) is 2.13. The fourth-order valence-corrected chi connectivity index (χ4v) is 2.97. The number of ether oxygens (including phenoxy) is 1. The lowest BCUT2D eigenvalue weighted by Gasteiger charge is -2.29. The van der Waals surface area contributed by atoms with E-state index in [1.54, 1.807) is 18.7 Å². The Labute approximate surface area is 129 Å². The number of thioether (sulfide) groups is 1. The molecule has 21 heavy (non-hydrogen) atoms. The number of nitrogens with zero attached hydrogens (tertiary/aromatic N) is 1. The molecule has 0 bridgehead atoms. The van der Waals surface area contributed by atoms with Crippen LogP contribution in [0.4, 0.5) is 15.8 Å². The smallest absolute Gasteiger partial charge is 0.340 e. The average Bonchev–Trinajstić information content (AvgIpc) is 2.44. The van der Waals surface area contributed by atoms with Gasteiger partial charge >= 0.3 is 5.97 Å². The third-order valence-corrected chi connectivity index (χ3v) is 4.09. The zero-order chi connectivity index (χ0) is 16.0. The summed E-state index contributed by atoms with van der Waals surface area (Å²) >= 11 is 1.70. The molecule has 1 unspecified atom stereocenters. The largest absolute Gasteiger partial charge is 0.462 e. The fraction of sp³-hybridized carbons (Fsp3) is 0.533. The van der Waals surface area contributed by atoms with Gasteiger partial charge < -0.3 is 15.4 Å².